The Morgan fingerprint density at radius 2 is 1.09 bits per heavy atom. The molecule has 0 radical (unpaired) electrons. The van der Waals surface area contributed by atoms with Crippen molar-refractivity contribution < 1.29 is 27.2 Å². The van der Waals surface area contributed by atoms with Crippen LogP contribution in [0.25, 0.3) is 0 Å². The number of nitrogens with one attached hydrogen (secondary N) is 2. The minimum absolute atomic E-state index is 0.211. The van der Waals surface area contributed by atoms with Crippen LogP contribution in [-0.2, 0) is 9.59 Å². The van der Waals surface area contributed by atoms with E-state index in [1.165, 1.54) is 12.1 Å². The Bertz CT molecular complexity index is 911. The Morgan fingerprint density at radius 1 is 0.667 bits per heavy atom. The summed E-state index contributed by atoms with van der Waals surface area (Å²) in [5.74, 6) is -4.53. The lowest BCUT2D eigenvalue weighted by molar-refractivity contribution is -0.117. The molecule has 0 aliphatic carbocycles. The minimum atomic E-state index is -1.01. The highest BCUT2D eigenvalue weighted by Crippen LogP contribution is 2.15. The second-order valence-electron chi connectivity index (χ2n) is 7.89. The number of benzene rings is 2. The molecule has 1 heterocycles. The van der Waals surface area contributed by atoms with Crippen molar-refractivity contribution in [1.82, 2.24) is 9.80 Å². The number of nitrogens with zero attached hydrogens (tertiary/aromatic N) is 2. The van der Waals surface area contributed by atoms with Gasteiger partial charge in [-0.3, -0.25) is 9.59 Å². The summed E-state index contributed by atoms with van der Waals surface area (Å²) in [6.07, 6.45) is 1.31. The van der Waals surface area contributed by atoms with E-state index in [0.717, 1.165) is 56.9 Å². The zero-order valence-electron chi connectivity index (χ0n) is 18.1. The summed E-state index contributed by atoms with van der Waals surface area (Å²) in [5.41, 5.74) is 0.421. The highest BCUT2D eigenvalue weighted by atomic mass is 19.2. The maximum Gasteiger partial charge on any atom is 0.225 e. The van der Waals surface area contributed by atoms with Crippen molar-refractivity contribution >= 4 is 23.2 Å². The zero-order chi connectivity index (χ0) is 23.8. The van der Waals surface area contributed by atoms with E-state index in [0.29, 0.717) is 13.1 Å². The number of carbonyl (C=O) groups excluding carboxylic acids is 2. The summed E-state index contributed by atoms with van der Waals surface area (Å²) in [5, 5.41) is 5.12. The standard InChI is InChI=1S/C23H26F4N4O2/c24-18-4-2-16(14-20(18)26)28-22(32)6-10-30-8-1-9-31(13-12-30)11-7-23(33)29-17-3-5-19(25)21(27)15-17/h2-5,14-15H,1,6-13H2,(H,28,32)(H,29,33). The number of hydrogen-bond acceptors (Lipinski definition) is 4. The van der Waals surface area contributed by atoms with Crippen LogP contribution in [0.15, 0.2) is 36.4 Å². The first-order valence-electron chi connectivity index (χ1n) is 10.7. The lowest BCUT2D eigenvalue weighted by Gasteiger charge is -2.21. The van der Waals surface area contributed by atoms with E-state index in [9.17, 15) is 27.2 Å². The van der Waals surface area contributed by atoms with Gasteiger partial charge < -0.3 is 20.4 Å². The van der Waals surface area contributed by atoms with Crippen molar-refractivity contribution in [3.05, 3.63) is 59.7 Å². The number of hydrogen-bond donors (Lipinski definition) is 2. The van der Waals surface area contributed by atoms with Crippen LogP contribution >= 0.6 is 0 Å². The molecule has 1 aliphatic heterocycles. The first kappa shape index (κ1) is 24.7. The maximum absolute atomic E-state index is 13.2. The van der Waals surface area contributed by atoms with Crippen molar-refractivity contribution in [1.29, 1.82) is 0 Å². The van der Waals surface area contributed by atoms with E-state index >= 15 is 0 Å². The Morgan fingerprint density at radius 3 is 1.48 bits per heavy atom. The van der Waals surface area contributed by atoms with E-state index < -0.39 is 23.3 Å². The predicted octanol–water partition coefficient (Wildman–Crippen LogP) is 3.61. The molecule has 2 N–H and O–H groups in total. The highest BCUT2D eigenvalue weighted by molar-refractivity contribution is 5.91. The number of anilines is 2. The largest absolute Gasteiger partial charge is 0.326 e. The smallest absolute Gasteiger partial charge is 0.225 e. The third kappa shape index (κ3) is 7.83. The molecular formula is C23H26F4N4O2. The number of halogens is 4. The summed E-state index contributed by atoms with van der Waals surface area (Å²) >= 11 is 0. The van der Waals surface area contributed by atoms with Crippen molar-refractivity contribution in [2.45, 2.75) is 19.3 Å². The first-order chi connectivity index (χ1) is 15.8. The van der Waals surface area contributed by atoms with Crippen LogP contribution in [0, 0.1) is 23.3 Å². The van der Waals surface area contributed by atoms with Gasteiger partial charge in [0.1, 0.15) is 0 Å². The topological polar surface area (TPSA) is 64.7 Å². The fourth-order valence-electron chi connectivity index (χ4n) is 3.59. The Balaban J connectivity index is 1.36. The quantitative estimate of drug-likeness (QED) is 0.584. The third-order valence-corrected chi connectivity index (χ3v) is 5.40. The predicted molar refractivity (Wildman–Crippen MR) is 117 cm³/mol. The lowest BCUT2D eigenvalue weighted by Crippen LogP contribution is -2.34. The van der Waals surface area contributed by atoms with Crippen LogP contribution in [0.5, 0.6) is 0 Å². The van der Waals surface area contributed by atoms with Crippen molar-refractivity contribution in [3.8, 4) is 0 Å². The highest BCUT2D eigenvalue weighted by Gasteiger charge is 2.17. The molecule has 0 aromatic heterocycles. The van der Waals surface area contributed by atoms with Gasteiger partial charge in [0, 0.05) is 62.5 Å². The SMILES string of the molecule is O=C(CCN1CCCN(CCC(=O)Nc2ccc(F)c(F)c2)CC1)Nc1ccc(F)c(F)c1. The van der Waals surface area contributed by atoms with E-state index in [-0.39, 0.29) is 36.0 Å². The number of rotatable bonds is 8. The normalized spacial score (nSPS) is 15.2. The van der Waals surface area contributed by atoms with Crippen molar-refractivity contribution in [2.75, 3.05) is 49.9 Å². The zero-order valence-corrected chi connectivity index (χ0v) is 18.1. The summed E-state index contributed by atoms with van der Waals surface area (Å²) in [4.78, 5) is 28.5. The van der Waals surface area contributed by atoms with Crippen LogP contribution in [0.4, 0.5) is 28.9 Å². The number of amides is 2. The fraction of sp³-hybridized carbons (Fsp3) is 0.391. The van der Waals surface area contributed by atoms with Gasteiger partial charge in [0.05, 0.1) is 0 Å². The molecule has 0 bridgehead atoms. The molecule has 2 aromatic rings. The van der Waals surface area contributed by atoms with Gasteiger partial charge in [-0.2, -0.15) is 0 Å². The van der Waals surface area contributed by atoms with Gasteiger partial charge in [-0.15, -0.1) is 0 Å². The van der Waals surface area contributed by atoms with Gasteiger partial charge in [0.25, 0.3) is 0 Å². The summed E-state index contributed by atoms with van der Waals surface area (Å²) < 4.78 is 52.4. The van der Waals surface area contributed by atoms with Crippen LogP contribution in [0.2, 0.25) is 0 Å². The van der Waals surface area contributed by atoms with Gasteiger partial charge in [0.15, 0.2) is 23.3 Å². The van der Waals surface area contributed by atoms with E-state index in [1.807, 2.05) is 0 Å². The second-order valence-corrected chi connectivity index (χ2v) is 7.89. The molecule has 1 fully saturated rings. The molecule has 0 atom stereocenters. The molecule has 178 valence electrons. The molecule has 10 heteroatoms. The van der Waals surface area contributed by atoms with Gasteiger partial charge in [-0.25, -0.2) is 17.6 Å². The Kier molecular flexibility index (Phi) is 8.79. The molecule has 2 amide bonds. The van der Waals surface area contributed by atoms with Gasteiger partial charge in [-0.05, 0) is 43.8 Å². The summed E-state index contributed by atoms with van der Waals surface area (Å²) in [7, 11) is 0. The third-order valence-electron chi connectivity index (χ3n) is 5.40. The molecule has 33 heavy (non-hydrogen) atoms. The first-order valence-corrected chi connectivity index (χ1v) is 10.7. The summed E-state index contributed by atoms with van der Waals surface area (Å²) in [6.45, 7) is 4.11. The molecule has 6 nitrogen and oxygen atoms in total. The monoisotopic (exact) mass is 466 g/mol. The molecule has 3 rings (SSSR count). The summed E-state index contributed by atoms with van der Waals surface area (Å²) in [6, 6.07) is 6.43. The van der Waals surface area contributed by atoms with Crippen LogP contribution in [0.3, 0.4) is 0 Å². The van der Waals surface area contributed by atoms with Crippen LogP contribution in [-0.4, -0.2) is 60.9 Å². The molecule has 0 spiro atoms. The van der Waals surface area contributed by atoms with E-state index in [1.54, 1.807) is 0 Å². The van der Waals surface area contributed by atoms with E-state index in [4.69, 9.17) is 0 Å². The Labute approximate surface area is 189 Å². The molecule has 2 aromatic carbocycles. The Hall–Kier alpha value is -2.98. The van der Waals surface area contributed by atoms with Gasteiger partial charge in [-0.1, -0.05) is 0 Å². The van der Waals surface area contributed by atoms with E-state index in [2.05, 4.69) is 20.4 Å². The average molecular weight is 466 g/mol. The fourth-order valence-corrected chi connectivity index (χ4v) is 3.59. The van der Waals surface area contributed by atoms with Crippen molar-refractivity contribution in [3.63, 3.8) is 0 Å². The number of carbonyl (C=O) groups is 2. The average Bonchev–Trinajstić information content (AvgIpc) is 3.01. The van der Waals surface area contributed by atoms with Crippen LogP contribution in [0.1, 0.15) is 19.3 Å². The molecular weight excluding hydrogens is 440 g/mol. The van der Waals surface area contributed by atoms with Gasteiger partial charge >= 0.3 is 0 Å². The van der Waals surface area contributed by atoms with Crippen molar-refractivity contribution in [2.24, 2.45) is 0 Å². The molecule has 1 aliphatic rings. The second kappa shape index (κ2) is 11.8. The van der Waals surface area contributed by atoms with Crippen LogP contribution < -0.4 is 10.6 Å². The van der Waals surface area contributed by atoms with Gasteiger partial charge in [0.2, 0.25) is 11.8 Å². The molecule has 1 saturated heterocycles. The lowest BCUT2D eigenvalue weighted by atomic mass is 10.2. The minimum Gasteiger partial charge on any atom is -0.326 e. The maximum atomic E-state index is 13.2. The molecule has 0 unspecified atom stereocenters. The molecule has 0 saturated carbocycles.